The molecule has 2 saturated heterocycles. The molecule has 0 aromatic carbocycles. The van der Waals surface area contributed by atoms with Crippen molar-refractivity contribution < 1.29 is 27.3 Å². The van der Waals surface area contributed by atoms with E-state index in [1.165, 1.54) is 0 Å². The Morgan fingerprint density at radius 1 is 1.24 bits per heavy atom. The molecule has 11 nitrogen and oxygen atoms in total. The first-order valence-electron chi connectivity index (χ1n) is 11.3. The van der Waals surface area contributed by atoms with Crippen LogP contribution in [0.3, 0.4) is 0 Å². The maximum atomic E-state index is 13.0. The van der Waals surface area contributed by atoms with Gasteiger partial charge in [0.05, 0.1) is 17.3 Å². The molecule has 4 aliphatic heterocycles. The molecule has 12 heteroatoms. The normalized spacial score (nSPS) is 22.6. The Kier molecular flexibility index (Phi) is 6.49. The molecular weight excluding hydrogens is 462 g/mol. The van der Waals surface area contributed by atoms with Gasteiger partial charge in [-0.25, -0.2) is 4.79 Å². The predicted molar refractivity (Wildman–Crippen MR) is 125 cm³/mol. The van der Waals surface area contributed by atoms with Gasteiger partial charge in [0, 0.05) is 45.8 Å². The van der Waals surface area contributed by atoms with Crippen molar-refractivity contribution in [2.75, 3.05) is 45.8 Å². The molecule has 3 N–H and O–H groups in total. The van der Waals surface area contributed by atoms with E-state index >= 15 is 0 Å². The quantitative estimate of drug-likeness (QED) is 0.465. The molecule has 0 aromatic heterocycles. The lowest BCUT2D eigenvalue weighted by Gasteiger charge is -2.35. The molecule has 0 saturated carbocycles. The van der Waals surface area contributed by atoms with E-state index in [2.05, 4.69) is 15.5 Å². The number of piperazine rings is 1. The summed E-state index contributed by atoms with van der Waals surface area (Å²) in [5.41, 5.74) is -0.316. The molecule has 0 radical (unpaired) electrons. The molecule has 2 fully saturated rings. The molecular formula is C22H31N5O6S. The van der Waals surface area contributed by atoms with Crippen LogP contribution < -0.4 is 10.6 Å². The number of carbonyl (C=O) groups is 2. The molecule has 4 aliphatic rings. The Morgan fingerprint density at radius 2 is 1.94 bits per heavy atom. The lowest BCUT2D eigenvalue weighted by Crippen LogP contribution is -2.51. The predicted octanol–water partition coefficient (Wildman–Crippen LogP) is 0.380. The van der Waals surface area contributed by atoms with Gasteiger partial charge in [0.2, 0.25) is 0 Å². The zero-order valence-corrected chi connectivity index (χ0v) is 20.4. The van der Waals surface area contributed by atoms with Crippen molar-refractivity contribution in [2.24, 2.45) is 0 Å². The van der Waals surface area contributed by atoms with E-state index in [-0.39, 0.29) is 23.4 Å². The summed E-state index contributed by atoms with van der Waals surface area (Å²) >= 11 is 0. The molecule has 4 heterocycles. The summed E-state index contributed by atoms with van der Waals surface area (Å²) in [6, 6.07) is -0.224. The van der Waals surface area contributed by atoms with Gasteiger partial charge < -0.3 is 25.2 Å². The van der Waals surface area contributed by atoms with Crippen LogP contribution in [-0.2, 0) is 19.6 Å². The summed E-state index contributed by atoms with van der Waals surface area (Å²) in [6.45, 7) is 9.18. The van der Waals surface area contributed by atoms with Gasteiger partial charge in [0.25, 0.3) is 16.0 Å². The second kappa shape index (κ2) is 9.08. The monoisotopic (exact) mass is 493 g/mol. The second-order valence-corrected chi connectivity index (χ2v) is 10.9. The lowest BCUT2D eigenvalue weighted by molar-refractivity contribution is -0.117. The third-order valence-electron chi connectivity index (χ3n) is 5.93. The summed E-state index contributed by atoms with van der Waals surface area (Å²) in [5, 5.41) is 5.96. The largest absolute Gasteiger partial charge is 0.444 e. The third-order valence-corrected chi connectivity index (χ3v) is 6.87. The third kappa shape index (κ3) is 5.13. The fourth-order valence-electron chi connectivity index (χ4n) is 4.40. The van der Waals surface area contributed by atoms with Crippen molar-refractivity contribution in [1.29, 1.82) is 0 Å². The molecule has 1 unspecified atom stereocenters. The van der Waals surface area contributed by atoms with Gasteiger partial charge in [0.1, 0.15) is 16.3 Å². The highest BCUT2D eigenvalue weighted by Crippen LogP contribution is 2.37. The number of hydrogen-bond acceptors (Lipinski definition) is 8. The summed E-state index contributed by atoms with van der Waals surface area (Å²) in [4.78, 5) is 30.3. The number of hydrogen-bond donors (Lipinski definition) is 3. The van der Waals surface area contributed by atoms with Crippen LogP contribution in [0.25, 0.3) is 0 Å². The van der Waals surface area contributed by atoms with E-state index in [9.17, 15) is 22.6 Å². The van der Waals surface area contributed by atoms with E-state index in [1.54, 1.807) is 28.0 Å². The summed E-state index contributed by atoms with van der Waals surface area (Å²) < 4.78 is 39.7. The highest BCUT2D eigenvalue weighted by molar-refractivity contribution is 7.90. The average molecular weight is 494 g/mol. The molecule has 2 amide bonds. The summed E-state index contributed by atoms with van der Waals surface area (Å²) in [5.74, 6) is 0.174. The number of amides is 2. The molecule has 0 spiro atoms. The zero-order chi connectivity index (χ0) is 24.7. The number of rotatable bonds is 5. The standard InChI is InChI=1S/C22H31N5O6S/c1-22(2,3)33-21(29)26-11-9-25(10-12-26)8-7-23-20(28)16-13-15-14-24-18-6-4-5-17(27(15)18)19(16)34(30,31)32/h4-6,13,15,24H,7-12,14H2,1-3H3,(H,23,28)(H,30,31,32). The minimum Gasteiger partial charge on any atom is -0.444 e. The van der Waals surface area contributed by atoms with Crippen molar-refractivity contribution in [2.45, 2.75) is 32.4 Å². The van der Waals surface area contributed by atoms with Gasteiger partial charge in [-0.15, -0.1) is 0 Å². The van der Waals surface area contributed by atoms with Crippen LogP contribution in [0, 0.1) is 0 Å². The molecule has 4 rings (SSSR count). The van der Waals surface area contributed by atoms with E-state index in [0.717, 1.165) is 5.82 Å². The lowest BCUT2D eigenvalue weighted by atomic mass is 10.0. The topological polar surface area (TPSA) is 132 Å². The van der Waals surface area contributed by atoms with E-state index < -0.39 is 26.5 Å². The Balaban J connectivity index is 1.34. The summed E-state index contributed by atoms with van der Waals surface area (Å²) in [6.07, 6.45) is 6.32. The molecule has 1 atom stereocenters. The minimum atomic E-state index is -4.64. The van der Waals surface area contributed by atoms with Crippen molar-refractivity contribution >= 4 is 22.1 Å². The highest BCUT2D eigenvalue weighted by Gasteiger charge is 2.41. The number of nitrogens with zero attached hydrogens (tertiary/aromatic N) is 3. The Hall–Kier alpha value is -2.83. The Bertz CT molecular complexity index is 1090. The number of carbonyl (C=O) groups excluding carboxylic acids is 2. The molecule has 0 bridgehead atoms. The number of nitrogens with one attached hydrogen (secondary N) is 2. The van der Waals surface area contributed by atoms with Crippen molar-refractivity contribution in [3.05, 3.63) is 46.3 Å². The van der Waals surface area contributed by atoms with Crippen LogP contribution in [0.5, 0.6) is 0 Å². The van der Waals surface area contributed by atoms with Gasteiger partial charge in [-0.2, -0.15) is 8.42 Å². The molecule has 0 aliphatic carbocycles. The van der Waals surface area contributed by atoms with Crippen LogP contribution >= 0.6 is 0 Å². The Labute approximate surface area is 199 Å². The zero-order valence-electron chi connectivity index (χ0n) is 19.6. The molecule has 34 heavy (non-hydrogen) atoms. The van der Waals surface area contributed by atoms with Crippen molar-refractivity contribution in [3.8, 4) is 0 Å². The molecule has 186 valence electrons. The fourth-order valence-corrected chi connectivity index (χ4v) is 5.27. The van der Waals surface area contributed by atoms with E-state index in [0.29, 0.717) is 45.8 Å². The SMILES string of the molecule is CC(C)(C)OC(=O)N1CCN(CCNC(=O)C2=CC3CNC4=CC=CC(=C2S(=O)(=O)O)N43)CC1. The Morgan fingerprint density at radius 3 is 2.59 bits per heavy atom. The highest BCUT2D eigenvalue weighted by atomic mass is 32.2. The van der Waals surface area contributed by atoms with E-state index in [1.807, 2.05) is 26.8 Å². The minimum absolute atomic E-state index is 0.0527. The van der Waals surface area contributed by atoms with Gasteiger partial charge in [-0.1, -0.05) is 6.08 Å². The smallest absolute Gasteiger partial charge is 0.410 e. The van der Waals surface area contributed by atoms with Crippen LogP contribution in [0.1, 0.15) is 20.8 Å². The van der Waals surface area contributed by atoms with Gasteiger partial charge in [-0.05, 0) is 39.0 Å². The molecule has 0 aromatic rings. The fraction of sp³-hybridized carbons (Fsp3) is 0.545. The van der Waals surface area contributed by atoms with Crippen LogP contribution in [0.15, 0.2) is 46.3 Å². The number of ether oxygens (including phenoxy) is 1. The van der Waals surface area contributed by atoms with Gasteiger partial charge in [0.15, 0.2) is 0 Å². The van der Waals surface area contributed by atoms with Crippen LogP contribution in [0.2, 0.25) is 0 Å². The van der Waals surface area contributed by atoms with Crippen molar-refractivity contribution in [3.63, 3.8) is 0 Å². The first-order valence-corrected chi connectivity index (χ1v) is 12.7. The average Bonchev–Trinajstić information content (AvgIpc) is 3.16. The maximum absolute atomic E-state index is 13.0. The number of allylic oxidation sites excluding steroid dienone is 3. The van der Waals surface area contributed by atoms with Crippen LogP contribution in [-0.4, -0.2) is 97.1 Å². The van der Waals surface area contributed by atoms with E-state index in [4.69, 9.17) is 4.74 Å². The van der Waals surface area contributed by atoms with Crippen molar-refractivity contribution in [1.82, 2.24) is 25.3 Å². The van der Waals surface area contributed by atoms with Gasteiger partial charge >= 0.3 is 6.09 Å². The van der Waals surface area contributed by atoms with Gasteiger partial charge in [-0.3, -0.25) is 14.2 Å². The van der Waals surface area contributed by atoms with Crippen LogP contribution in [0.4, 0.5) is 4.79 Å². The summed E-state index contributed by atoms with van der Waals surface area (Å²) in [7, 11) is -4.64. The first kappa shape index (κ1) is 24.3. The maximum Gasteiger partial charge on any atom is 0.410 e. The first-order chi connectivity index (χ1) is 15.9. The second-order valence-electron chi connectivity index (χ2n) is 9.56.